The lowest BCUT2D eigenvalue weighted by atomic mass is 10.0. The van der Waals surface area contributed by atoms with E-state index in [1.807, 2.05) is 24.3 Å². The van der Waals surface area contributed by atoms with E-state index in [4.69, 9.17) is 8.94 Å². The van der Waals surface area contributed by atoms with Crippen LogP contribution in [0, 0.1) is 5.92 Å². The minimum atomic E-state index is 0.161. The van der Waals surface area contributed by atoms with Crippen LogP contribution in [0.2, 0.25) is 0 Å². The van der Waals surface area contributed by atoms with Gasteiger partial charge in [-0.1, -0.05) is 30.3 Å². The summed E-state index contributed by atoms with van der Waals surface area (Å²) in [6.07, 6.45) is 2.82. The van der Waals surface area contributed by atoms with Gasteiger partial charge in [-0.05, 0) is 24.9 Å². The highest BCUT2D eigenvalue weighted by atomic mass is 16.5. The number of nitrogens with one attached hydrogen (secondary N) is 1. The van der Waals surface area contributed by atoms with Gasteiger partial charge in [-0.3, -0.25) is 0 Å². The quantitative estimate of drug-likeness (QED) is 0.774. The summed E-state index contributed by atoms with van der Waals surface area (Å²) in [4.78, 5) is 4.53. The van der Waals surface area contributed by atoms with Gasteiger partial charge in [-0.25, -0.2) is 0 Å². The number of nitrogens with zero attached hydrogens (tertiary/aromatic N) is 2. The molecule has 0 bridgehead atoms. The molecule has 2 atom stereocenters. The predicted octanol–water partition coefficient (Wildman–Crippen LogP) is 3.15. The summed E-state index contributed by atoms with van der Waals surface area (Å²) in [5.74, 6) is 1.77. The van der Waals surface area contributed by atoms with Crippen molar-refractivity contribution in [3.05, 3.63) is 36.4 Å². The van der Waals surface area contributed by atoms with Gasteiger partial charge in [0.05, 0.1) is 11.6 Å². The van der Waals surface area contributed by atoms with Crippen LogP contribution in [0.1, 0.15) is 25.3 Å². The fraction of sp³-hybridized carbons (Fsp3) is 0.333. The zero-order valence-electron chi connectivity index (χ0n) is 11.2. The maximum Gasteiger partial charge on any atom is 0.244 e. The van der Waals surface area contributed by atoms with Crippen LogP contribution in [-0.2, 0) is 0 Å². The second-order valence-electron chi connectivity index (χ2n) is 5.30. The Kier molecular flexibility index (Phi) is 2.60. The number of furan rings is 1. The molecule has 3 aromatic rings. The highest BCUT2D eigenvalue weighted by molar-refractivity contribution is 5.91. The Balaban J connectivity index is 1.74. The molecular weight excluding hydrogens is 254 g/mol. The van der Waals surface area contributed by atoms with Crippen molar-refractivity contribution in [1.29, 1.82) is 0 Å². The van der Waals surface area contributed by atoms with Gasteiger partial charge in [0.2, 0.25) is 11.7 Å². The maximum absolute atomic E-state index is 5.52. The Hall–Kier alpha value is -2.14. The van der Waals surface area contributed by atoms with E-state index >= 15 is 0 Å². The molecule has 1 aromatic carbocycles. The normalized spacial score (nSPS) is 22.6. The van der Waals surface area contributed by atoms with E-state index in [2.05, 4.69) is 22.4 Å². The van der Waals surface area contributed by atoms with Crippen molar-refractivity contribution in [2.75, 3.05) is 6.54 Å². The average Bonchev–Trinajstić information content (AvgIpc) is 3.15. The van der Waals surface area contributed by atoms with Gasteiger partial charge < -0.3 is 14.3 Å². The number of fused-ring (bicyclic) bond motifs is 1. The topological polar surface area (TPSA) is 64.1 Å². The summed E-state index contributed by atoms with van der Waals surface area (Å²) in [6.45, 7) is 3.19. The first-order valence-corrected chi connectivity index (χ1v) is 6.86. The van der Waals surface area contributed by atoms with Crippen molar-refractivity contribution in [1.82, 2.24) is 15.5 Å². The fourth-order valence-electron chi connectivity index (χ4n) is 2.79. The average molecular weight is 269 g/mol. The van der Waals surface area contributed by atoms with Crippen LogP contribution in [0.5, 0.6) is 0 Å². The zero-order valence-corrected chi connectivity index (χ0v) is 11.2. The molecule has 20 heavy (non-hydrogen) atoms. The van der Waals surface area contributed by atoms with E-state index in [-0.39, 0.29) is 6.04 Å². The van der Waals surface area contributed by atoms with Crippen molar-refractivity contribution < 1.29 is 8.94 Å². The molecule has 0 radical (unpaired) electrons. The predicted molar refractivity (Wildman–Crippen MR) is 74.0 cm³/mol. The molecule has 4 rings (SSSR count). The molecule has 0 spiro atoms. The number of aromatic nitrogens is 2. The molecular formula is C15H15N3O2. The molecule has 2 unspecified atom stereocenters. The maximum atomic E-state index is 5.52. The van der Waals surface area contributed by atoms with Crippen molar-refractivity contribution >= 4 is 11.0 Å². The molecule has 1 fully saturated rings. The summed E-state index contributed by atoms with van der Waals surface area (Å²) in [7, 11) is 0. The Morgan fingerprint density at radius 3 is 3.05 bits per heavy atom. The van der Waals surface area contributed by atoms with E-state index in [1.54, 1.807) is 6.26 Å². The van der Waals surface area contributed by atoms with Crippen LogP contribution >= 0.6 is 0 Å². The van der Waals surface area contributed by atoms with Gasteiger partial charge in [0, 0.05) is 5.39 Å². The molecule has 3 heterocycles. The minimum Gasteiger partial charge on any atom is -0.464 e. The van der Waals surface area contributed by atoms with Crippen molar-refractivity contribution in [3.63, 3.8) is 0 Å². The smallest absolute Gasteiger partial charge is 0.244 e. The van der Waals surface area contributed by atoms with Crippen LogP contribution in [0.4, 0.5) is 0 Å². The van der Waals surface area contributed by atoms with Crippen molar-refractivity contribution in [2.24, 2.45) is 5.92 Å². The van der Waals surface area contributed by atoms with Gasteiger partial charge in [0.15, 0.2) is 0 Å². The molecule has 2 aromatic heterocycles. The first-order chi connectivity index (χ1) is 9.83. The third-order valence-electron chi connectivity index (χ3n) is 3.96. The number of rotatable bonds is 2. The molecule has 102 valence electrons. The van der Waals surface area contributed by atoms with Gasteiger partial charge in [0.1, 0.15) is 11.8 Å². The Morgan fingerprint density at radius 2 is 2.20 bits per heavy atom. The van der Waals surface area contributed by atoms with Crippen LogP contribution < -0.4 is 5.32 Å². The third-order valence-corrected chi connectivity index (χ3v) is 3.96. The molecule has 1 aliphatic heterocycles. The Labute approximate surface area is 116 Å². The van der Waals surface area contributed by atoms with Gasteiger partial charge in [-0.15, -0.1) is 0 Å². The minimum absolute atomic E-state index is 0.161. The summed E-state index contributed by atoms with van der Waals surface area (Å²) >= 11 is 0. The second kappa shape index (κ2) is 4.45. The lowest BCUT2D eigenvalue weighted by molar-refractivity contribution is 0.319. The molecule has 1 N–H and O–H groups in total. The van der Waals surface area contributed by atoms with E-state index in [1.165, 1.54) is 0 Å². The molecule has 0 saturated carbocycles. The zero-order chi connectivity index (χ0) is 13.5. The van der Waals surface area contributed by atoms with E-state index in [0.29, 0.717) is 17.6 Å². The van der Waals surface area contributed by atoms with Gasteiger partial charge in [-0.2, -0.15) is 4.98 Å². The Bertz CT molecular complexity index is 746. The van der Waals surface area contributed by atoms with Crippen LogP contribution in [0.25, 0.3) is 22.4 Å². The molecule has 5 heteroatoms. The van der Waals surface area contributed by atoms with Crippen molar-refractivity contribution in [3.8, 4) is 11.4 Å². The summed E-state index contributed by atoms with van der Waals surface area (Å²) in [5, 5.41) is 8.51. The van der Waals surface area contributed by atoms with E-state index < -0.39 is 0 Å². The fourth-order valence-corrected chi connectivity index (χ4v) is 2.79. The first kappa shape index (κ1) is 11.7. The summed E-state index contributed by atoms with van der Waals surface area (Å²) < 4.78 is 10.9. The first-order valence-electron chi connectivity index (χ1n) is 6.86. The molecule has 1 saturated heterocycles. The molecule has 5 nitrogen and oxygen atoms in total. The van der Waals surface area contributed by atoms with Crippen LogP contribution in [0.15, 0.2) is 39.5 Å². The lowest BCUT2D eigenvalue weighted by Crippen LogP contribution is -2.16. The summed E-state index contributed by atoms with van der Waals surface area (Å²) in [5.41, 5.74) is 1.71. The van der Waals surface area contributed by atoms with Gasteiger partial charge >= 0.3 is 0 Å². The largest absolute Gasteiger partial charge is 0.464 e. The standard InChI is InChI=1S/C15H15N3O2/c1-9-6-7-16-13(9)15-17-14(18-20-15)11-8-19-12-5-3-2-4-10(11)12/h2-5,8-9,13,16H,6-7H2,1H3. The van der Waals surface area contributed by atoms with Crippen LogP contribution in [0.3, 0.4) is 0 Å². The number of benzene rings is 1. The van der Waals surface area contributed by atoms with E-state index in [0.717, 1.165) is 29.5 Å². The number of hydrogen-bond acceptors (Lipinski definition) is 5. The molecule has 1 aliphatic rings. The molecule has 0 amide bonds. The Morgan fingerprint density at radius 1 is 1.30 bits per heavy atom. The second-order valence-corrected chi connectivity index (χ2v) is 5.30. The number of para-hydroxylation sites is 1. The van der Waals surface area contributed by atoms with Gasteiger partial charge in [0.25, 0.3) is 0 Å². The third kappa shape index (κ3) is 1.74. The number of hydrogen-bond donors (Lipinski definition) is 1. The van der Waals surface area contributed by atoms with Crippen molar-refractivity contribution in [2.45, 2.75) is 19.4 Å². The monoisotopic (exact) mass is 269 g/mol. The van der Waals surface area contributed by atoms with Crippen LogP contribution in [-0.4, -0.2) is 16.7 Å². The highest BCUT2D eigenvalue weighted by Gasteiger charge is 2.29. The molecule has 0 aliphatic carbocycles. The lowest BCUT2D eigenvalue weighted by Gasteiger charge is -2.08. The van der Waals surface area contributed by atoms with E-state index in [9.17, 15) is 0 Å². The summed E-state index contributed by atoms with van der Waals surface area (Å²) in [6, 6.07) is 8.01. The SMILES string of the molecule is CC1CCNC1c1nc(-c2coc3ccccc23)no1. The highest BCUT2D eigenvalue weighted by Crippen LogP contribution is 2.32.